The number of esters is 1. The Balaban J connectivity index is 2.02. The van der Waals surface area contributed by atoms with Crippen molar-refractivity contribution in [2.24, 2.45) is 5.92 Å². The minimum Gasteiger partial charge on any atom is -0.451 e. The average molecular weight is 373 g/mol. The van der Waals surface area contributed by atoms with Gasteiger partial charge >= 0.3 is 5.97 Å². The zero-order chi connectivity index (χ0) is 19.4. The average Bonchev–Trinajstić information content (AvgIpc) is 2.93. The van der Waals surface area contributed by atoms with Gasteiger partial charge in [0.05, 0.1) is 5.56 Å². The highest BCUT2D eigenvalue weighted by Crippen LogP contribution is 2.22. The zero-order valence-electron chi connectivity index (χ0n) is 15.6. The second-order valence-corrected chi connectivity index (χ2v) is 7.92. The number of amides is 1. The molecule has 6 heteroatoms. The number of carbonyl (C=O) groups is 3. The fourth-order valence-corrected chi connectivity index (χ4v) is 3.26. The lowest BCUT2D eigenvalue weighted by molar-refractivity contribution is -0.118. The van der Waals surface area contributed by atoms with E-state index in [2.05, 4.69) is 5.32 Å². The first kappa shape index (κ1) is 19.8. The van der Waals surface area contributed by atoms with Crippen molar-refractivity contribution in [2.45, 2.75) is 40.7 Å². The molecule has 0 saturated heterocycles. The van der Waals surface area contributed by atoms with Crippen molar-refractivity contribution in [3.63, 3.8) is 0 Å². The van der Waals surface area contributed by atoms with Gasteiger partial charge in [0, 0.05) is 26.9 Å². The smallest absolute Gasteiger partial charge is 0.339 e. The maximum Gasteiger partial charge on any atom is 0.339 e. The van der Waals surface area contributed by atoms with Crippen LogP contribution in [0.4, 0.5) is 5.69 Å². The number of anilines is 1. The topological polar surface area (TPSA) is 72.5 Å². The third-order valence-electron chi connectivity index (χ3n) is 3.88. The molecule has 0 aliphatic rings. The molecule has 1 heterocycles. The lowest BCUT2D eigenvalue weighted by Crippen LogP contribution is -2.24. The van der Waals surface area contributed by atoms with Crippen LogP contribution < -0.4 is 5.32 Å². The largest absolute Gasteiger partial charge is 0.451 e. The van der Waals surface area contributed by atoms with Gasteiger partial charge in [-0.25, -0.2) is 4.79 Å². The van der Waals surface area contributed by atoms with Gasteiger partial charge in [0.1, 0.15) is 0 Å². The molecule has 26 heavy (non-hydrogen) atoms. The van der Waals surface area contributed by atoms with E-state index in [1.807, 2.05) is 13.8 Å². The molecule has 0 unspecified atom stereocenters. The molecule has 1 aromatic carbocycles. The van der Waals surface area contributed by atoms with E-state index in [1.165, 1.54) is 11.3 Å². The van der Waals surface area contributed by atoms with Crippen LogP contribution in [0.2, 0.25) is 0 Å². The van der Waals surface area contributed by atoms with E-state index in [0.29, 0.717) is 16.8 Å². The van der Waals surface area contributed by atoms with E-state index in [-0.39, 0.29) is 17.6 Å². The Hall–Kier alpha value is -2.47. The van der Waals surface area contributed by atoms with Crippen molar-refractivity contribution in [1.29, 1.82) is 0 Å². The fourth-order valence-electron chi connectivity index (χ4n) is 2.35. The van der Waals surface area contributed by atoms with Crippen molar-refractivity contribution in [3.05, 3.63) is 51.2 Å². The van der Waals surface area contributed by atoms with E-state index < -0.39 is 12.1 Å². The van der Waals surface area contributed by atoms with Gasteiger partial charge in [-0.2, -0.15) is 0 Å². The van der Waals surface area contributed by atoms with Gasteiger partial charge in [-0.05, 0) is 51.1 Å². The van der Waals surface area contributed by atoms with Crippen LogP contribution in [0.15, 0.2) is 30.3 Å². The van der Waals surface area contributed by atoms with Crippen LogP contribution in [-0.4, -0.2) is 23.8 Å². The Kier molecular flexibility index (Phi) is 6.32. The summed E-state index contributed by atoms with van der Waals surface area (Å²) in [5.41, 5.74) is 1.54. The van der Waals surface area contributed by atoms with Crippen LogP contribution >= 0.6 is 11.3 Å². The molecule has 138 valence electrons. The SMILES string of the molecule is Cc1cc(C(=O)O[C@H](C)C(=O)c2ccc(NC(=O)C(C)C)cc2)c(C)s1. The number of hydrogen-bond acceptors (Lipinski definition) is 5. The van der Waals surface area contributed by atoms with E-state index >= 15 is 0 Å². The van der Waals surface area contributed by atoms with Crippen molar-refractivity contribution in [1.82, 2.24) is 0 Å². The molecule has 0 radical (unpaired) electrons. The number of hydrogen-bond donors (Lipinski definition) is 1. The Morgan fingerprint density at radius 3 is 2.15 bits per heavy atom. The molecule has 1 N–H and O–H groups in total. The minimum absolute atomic E-state index is 0.0900. The molecule has 5 nitrogen and oxygen atoms in total. The number of nitrogens with one attached hydrogen (secondary N) is 1. The van der Waals surface area contributed by atoms with Gasteiger partial charge in [-0.15, -0.1) is 11.3 Å². The number of thiophene rings is 1. The zero-order valence-corrected chi connectivity index (χ0v) is 16.4. The Morgan fingerprint density at radius 1 is 1.04 bits per heavy atom. The first-order valence-electron chi connectivity index (χ1n) is 8.42. The highest BCUT2D eigenvalue weighted by Gasteiger charge is 2.22. The first-order chi connectivity index (χ1) is 12.2. The van der Waals surface area contributed by atoms with E-state index in [1.54, 1.807) is 51.1 Å². The summed E-state index contributed by atoms with van der Waals surface area (Å²) in [6.45, 7) is 8.94. The summed E-state index contributed by atoms with van der Waals surface area (Å²) in [5.74, 6) is -0.994. The number of ether oxygens (including phenoxy) is 1. The van der Waals surface area contributed by atoms with Crippen molar-refractivity contribution in [3.8, 4) is 0 Å². The summed E-state index contributed by atoms with van der Waals surface area (Å²) < 4.78 is 5.32. The molecular weight excluding hydrogens is 350 g/mol. The standard InChI is InChI=1S/C20H23NO4S/c1-11(2)19(23)21-16-8-6-15(7-9-16)18(22)13(4)25-20(24)17-10-12(3)26-14(17)5/h6-11,13H,1-5H3,(H,21,23)/t13-/m1/s1. The van der Waals surface area contributed by atoms with Crippen LogP contribution in [-0.2, 0) is 9.53 Å². The van der Waals surface area contributed by atoms with Gasteiger partial charge in [0.2, 0.25) is 11.7 Å². The predicted octanol–water partition coefficient (Wildman–Crippen LogP) is 4.39. The number of ketones is 1. The molecule has 2 aromatic rings. The van der Waals surface area contributed by atoms with E-state index in [4.69, 9.17) is 4.74 Å². The quantitative estimate of drug-likeness (QED) is 0.602. The summed E-state index contributed by atoms with van der Waals surface area (Å²) >= 11 is 1.52. The molecule has 0 spiro atoms. The van der Waals surface area contributed by atoms with Gasteiger partial charge in [-0.3, -0.25) is 9.59 Å². The number of carbonyl (C=O) groups excluding carboxylic acids is 3. The van der Waals surface area contributed by atoms with Crippen molar-refractivity contribution < 1.29 is 19.1 Å². The second kappa shape index (κ2) is 8.27. The maximum absolute atomic E-state index is 12.5. The highest BCUT2D eigenvalue weighted by atomic mass is 32.1. The molecule has 0 fully saturated rings. The lowest BCUT2D eigenvalue weighted by Gasteiger charge is -2.13. The molecule has 2 rings (SSSR count). The normalized spacial score (nSPS) is 11.9. The Bertz CT molecular complexity index is 821. The fraction of sp³-hybridized carbons (Fsp3) is 0.350. The molecule has 1 atom stereocenters. The third-order valence-corrected chi connectivity index (χ3v) is 4.84. The molecule has 1 amide bonds. The molecule has 1 aromatic heterocycles. The number of Topliss-reactive ketones (excluding diaryl/α,β-unsaturated/α-hetero) is 1. The van der Waals surface area contributed by atoms with Crippen LogP contribution in [0.5, 0.6) is 0 Å². The van der Waals surface area contributed by atoms with Gasteiger partial charge in [-0.1, -0.05) is 13.8 Å². The van der Waals surface area contributed by atoms with Gasteiger partial charge < -0.3 is 10.1 Å². The van der Waals surface area contributed by atoms with Gasteiger partial charge in [0.15, 0.2) is 6.10 Å². The lowest BCUT2D eigenvalue weighted by atomic mass is 10.1. The number of rotatable bonds is 6. The van der Waals surface area contributed by atoms with Crippen LogP contribution in [0.25, 0.3) is 0 Å². The molecule has 0 aliphatic heterocycles. The number of benzene rings is 1. The van der Waals surface area contributed by atoms with Crippen LogP contribution in [0.1, 0.15) is 51.2 Å². The predicted molar refractivity (Wildman–Crippen MR) is 103 cm³/mol. The van der Waals surface area contributed by atoms with Gasteiger partial charge in [0.25, 0.3) is 0 Å². The van der Waals surface area contributed by atoms with Crippen LogP contribution in [0, 0.1) is 19.8 Å². The molecule has 0 aliphatic carbocycles. The molecule has 0 bridgehead atoms. The molecule has 0 saturated carbocycles. The second-order valence-electron chi connectivity index (χ2n) is 6.46. The van der Waals surface area contributed by atoms with E-state index in [0.717, 1.165) is 9.75 Å². The van der Waals surface area contributed by atoms with E-state index in [9.17, 15) is 14.4 Å². The maximum atomic E-state index is 12.5. The summed E-state index contributed by atoms with van der Waals surface area (Å²) in [6.07, 6.45) is -0.891. The Labute approximate surface area is 157 Å². The summed E-state index contributed by atoms with van der Waals surface area (Å²) in [5, 5.41) is 2.76. The molecular formula is C20H23NO4S. The highest BCUT2D eigenvalue weighted by molar-refractivity contribution is 7.12. The van der Waals surface area contributed by atoms with Crippen molar-refractivity contribution >= 4 is 34.7 Å². The third kappa shape index (κ3) is 4.79. The summed E-state index contributed by atoms with van der Waals surface area (Å²) in [6, 6.07) is 8.32. The van der Waals surface area contributed by atoms with Crippen molar-refractivity contribution in [2.75, 3.05) is 5.32 Å². The Morgan fingerprint density at radius 2 is 1.65 bits per heavy atom. The monoisotopic (exact) mass is 373 g/mol. The first-order valence-corrected chi connectivity index (χ1v) is 9.24. The summed E-state index contributed by atoms with van der Waals surface area (Å²) in [7, 11) is 0. The number of aryl methyl sites for hydroxylation is 2. The van der Waals surface area contributed by atoms with Crippen LogP contribution in [0.3, 0.4) is 0 Å². The summed E-state index contributed by atoms with van der Waals surface area (Å²) in [4.78, 5) is 38.3. The minimum atomic E-state index is -0.891.